The molecule has 3 unspecified atom stereocenters. The van der Waals surface area contributed by atoms with E-state index >= 15 is 0 Å². The Morgan fingerprint density at radius 3 is 1.85 bits per heavy atom. The van der Waals surface area contributed by atoms with E-state index in [2.05, 4.69) is 13.8 Å². The van der Waals surface area contributed by atoms with Crippen LogP contribution in [-0.4, -0.2) is 133 Å². The molecule has 3 aliphatic heterocycles. The Labute approximate surface area is 385 Å². The molecule has 3 saturated heterocycles. The van der Waals surface area contributed by atoms with E-state index in [1.54, 1.807) is 0 Å². The summed E-state index contributed by atoms with van der Waals surface area (Å²) < 4.78 is 66.6. The van der Waals surface area contributed by atoms with Gasteiger partial charge in [0, 0.05) is 78.6 Å². The average molecular weight is 937 g/mol. The number of aliphatic hydroxyl groups is 1. The number of hydrogen-bond donors (Lipinski definition) is 1. The summed E-state index contributed by atoms with van der Waals surface area (Å²) in [4.78, 5) is 87.6. The summed E-state index contributed by atoms with van der Waals surface area (Å²) in [5, 5.41) is 13.2. The zero-order valence-corrected chi connectivity index (χ0v) is 39.9. The molecule has 0 aromatic carbocycles. The second-order valence-corrected chi connectivity index (χ2v) is 20.6. The van der Waals surface area contributed by atoms with E-state index in [1.807, 2.05) is 13.8 Å². The van der Waals surface area contributed by atoms with Crippen molar-refractivity contribution < 1.29 is 90.8 Å². The van der Waals surface area contributed by atoms with Crippen molar-refractivity contribution >= 4 is 41.8 Å². The Balaban J connectivity index is 1.23. The number of carbonyl (C=O) groups is 7. The van der Waals surface area contributed by atoms with Gasteiger partial charge in [-0.05, 0) is 61.2 Å². The molecule has 7 fully saturated rings. The summed E-state index contributed by atoms with van der Waals surface area (Å²) in [6.07, 6.45) is -8.42. The number of rotatable bonds is 10. The van der Waals surface area contributed by atoms with Gasteiger partial charge in [0.1, 0.15) is 36.6 Å². The summed E-state index contributed by atoms with van der Waals surface area (Å²) >= 11 is 0. The lowest BCUT2D eigenvalue weighted by molar-refractivity contribution is -0.342. The maximum absolute atomic E-state index is 13.2. The molecule has 20 atom stereocenters. The zero-order valence-electron chi connectivity index (χ0n) is 39.9. The van der Waals surface area contributed by atoms with Crippen LogP contribution >= 0.6 is 0 Å². The van der Waals surface area contributed by atoms with Gasteiger partial charge in [-0.15, -0.1) is 0 Å². The van der Waals surface area contributed by atoms with E-state index in [-0.39, 0.29) is 71.9 Å². The number of esters is 7. The van der Waals surface area contributed by atoms with Crippen molar-refractivity contribution in [2.24, 2.45) is 46.3 Å². The molecule has 66 heavy (non-hydrogen) atoms. The maximum Gasteiger partial charge on any atom is 0.303 e. The molecule has 3 heterocycles. The minimum atomic E-state index is -1.73. The molecular formula is C47H68O19. The van der Waals surface area contributed by atoms with Crippen LogP contribution in [0.3, 0.4) is 0 Å². The first-order valence-electron chi connectivity index (χ1n) is 23.3. The van der Waals surface area contributed by atoms with Gasteiger partial charge in [-0.3, -0.25) is 33.6 Å². The van der Waals surface area contributed by atoms with Crippen LogP contribution in [0.4, 0.5) is 0 Å². The number of hydrogen-bond acceptors (Lipinski definition) is 19. The van der Waals surface area contributed by atoms with Crippen LogP contribution in [0.15, 0.2) is 0 Å². The molecule has 1 spiro atoms. The zero-order chi connectivity index (χ0) is 48.4. The van der Waals surface area contributed by atoms with Gasteiger partial charge in [-0.2, -0.15) is 0 Å². The molecule has 19 nitrogen and oxygen atoms in total. The van der Waals surface area contributed by atoms with Crippen molar-refractivity contribution in [1.29, 1.82) is 0 Å². The molecule has 7 aliphatic rings. The van der Waals surface area contributed by atoms with Crippen molar-refractivity contribution in [3.63, 3.8) is 0 Å². The van der Waals surface area contributed by atoms with Crippen LogP contribution < -0.4 is 0 Å². The normalized spacial score (nSPS) is 45.7. The fraction of sp³-hybridized carbons (Fsp3) is 0.851. The Bertz CT molecular complexity index is 1920. The summed E-state index contributed by atoms with van der Waals surface area (Å²) in [5.74, 6) is -5.77. The van der Waals surface area contributed by atoms with Crippen LogP contribution in [0.5, 0.6) is 0 Å². The van der Waals surface area contributed by atoms with Crippen molar-refractivity contribution in [2.45, 2.75) is 194 Å². The number of carbonyl (C=O) groups excluding carboxylic acids is 7. The highest BCUT2D eigenvalue weighted by atomic mass is 16.7. The molecule has 0 bridgehead atoms. The molecule has 0 amide bonds. The summed E-state index contributed by atoms with van der Waals surface area (Å²) in [5.41, 5.74) is -3.04. The molecule has 19 heteroatoms. The van der Waals surface area contributed by atoms with Crippen LogP contribution in [0.1, 0.15) is 121 Å². The maximum atomic E-state index is 13.2. The minimum absolute atomic E-state index is 0.00517. The van der Waals surface area contributed by atoms with E-state index in [4.69, 9.17) is 52.1 Å². The fourth-order valence-electron chi connectivity index (χ4n) is 13.9. The van der Waals surface area contributed by atoms with Crippen LogP contribution in [0, 0.1) is 46.3 Å². The van der Waals surface area contributed by atoms with Crippen LogP contribution in [0.25, 0.3) is 0 Å². The second kappa shape index (κ2) is 18.5. The summed E-state index contributed by atoms with van der Waals surface area (Å²) in [6.45, 7) is 16.8. The first-order chi connectivity index (χ1) is 30.8. The first-order valence-corrected chi connectivity index (χ1v) is 23.3. The molecule has 0 aromatic rings. The van der Waals surface area contributed by atoms with E-state index < -0.39 is 108 Å². The van der Waals surface area contributed by atoms with Gasteiger partial charge in [0.25, 0.3) is 0 Å². The highest BCUT2D eigenvalue weighted by Crippen LogP contribution is 2.72. The van der Waals surface area contributed by atoms with E-state index in [9.17, 15) is 38.7 Å². The van der Waals surface area contributed by atoms with Gasteiger partial charge in [0.15, 0.2) is 30.4 Å². The van der Waals surface area contributed by atoms with Crippen molar-refractivity contribution in [3.8, 4) is 0 Å². The average Bonchev–Trinajstić information content (AvgIpc) is 3.63. The van der Waals surface area contributed by atoms with Gasteiger partial charge in [0.05, 0.1) is 18.8 Å². The largest absolute Gasteiger partial charge is 0.463 e. The smallest absolute Gasteiger partial charge is 0.303 e. The van der Waals surface area contributed by atoms with E-state index in [0.717, 1.165) is 27.2 Å². The Morgan fingerprint density at radius 2 is 1.24 bits per heavy atom. The quantitative estimate of drug-likeness (QED) is 0.187. The summed E-state index contributed by atoms with van der Waals surface area (Å²) in [6, 6.07) is 0. The fourth-order valence-corrected chi connectivity index (χ4v) is 13.9. The Hall–Kier alpha value is -3.91. The van der Waals surface area contributed by atoms with Gasteiger partial charge in [0.2, 0.25) is 0 Å². The standard InChI is InChI=1S/C47H68O19/c1-21-19-57-47(18-34(21)58-24(4)49)22(2)39-33(66-47)15-32-30-14-38(60-26(6)51)46(55)17-36(59-25(5)50)35(16-45(46,11)31(30)12-13-44(32,39)10)64-43-42(63-29(9)54)41(62-28(8)53)40(61-27(7)52)37(65-43)20-56-23(3)48/h21-22,30-43,55H,12-20H2,1-11H3/t21-,22?,30+,31-,32-,33?,34-,35+,36+,37+,38+,39?,40+,41-,42+,43+,44-,45+,46-,47+/m0/s1. The van der Waals surface area contributed by atoms with Gasteiger partial charge >= 0.3 is 41.8 Å². The van der Waals surface area contributed by atoms with E-state index in [1.165, 1.54) is 27.7 Å². The predicted octanol–water partition coefficient (Wildman–Crippen LogP) is 3.64. The van der Waals surface area contributed by atoms with E-state index in [0.29, 0.717) is 32.3 Å². The lowest BCUT2D eigenvalue weighted by atomic mass is 9.42. The molecule has 1 N–H and O–H groups in total. The van der Waals surface area contributed by atoms with Gasteiger partial charge in [-0.25, -0.2) is 0 Å². The number of ether oxygens (including phenoxy) is 11. The highest BCUT2D eigenvalue weighted by molar-refractivity contribution is 5.69. The Morgan fingerprint density at radius 1 is 0.652 bits per heavy atom. The van der Waals surface area contributed by atoms with Crippen LogP contribution in [0.2, 0.25) is 0 Å². The molecule has 0 aromatic heterocycles. The lowest BCUT2D eigenvalue weighted by Crippen LogP contribution is -2.72. The predicted molar refractivity (Wildman–Crippen MR) is 223 cm³/mol. The van der Waals surface area contributed by atoms with Crippen LogP contribution in [-0.2, 0) is 85.7 Å². The monoisotopic (exact) mass is 936 g/mol. The topological polar surface area (TPSA) is 241 Å². The third kappa shape index (κ3) is 9.07. The molecular weight excluding hydrogens is 868 g/mol. The molecule has 0 radical (unpaired) electrons. The van der Waals surface area contributed by atoms with Crippen molar-refractivity contribution in [3.05, 3.63) is 0 Å². The third-order valence-electron chi connectivity index (χ3n) is 16.4. The minimum Gasteiger partial charge on any atom is -0.463 e. The third-order valence-corrected chi connectivity index (χ3v) is 16.4. The van der Waals surface area contributed by atoms with Crippen molar-refractivity contribution in [2.75, 3.05) is 13.2 Å². The molecule has 370 valence electrons. The molecule has 7 rings (SSSR count). The summed E-state index contributed by atoms with van der Waals surface area (Å²) in [7, 11) is 0. The molecule has 4 saturated carbocycles. The molecule has 4 aliphatic carbocycles. The second-order valence-electron chi connectivity index (χ2n) is 20.6. The van der Waals surface area contributed by atoms with Gasteiger partial charge in [-0.1, -0.05) is 27.7 Å². The van der Waals surface area contributed by atoms with Crippen molar-refractivity contribution in [1.82, 2.24) is 0 Å². The number of fused-ring (bicyclic) bond motifs is 7. The highest BCUT2D eigenvalue weighted by Gasteiger charge is 2.74. The first kappa shape index (κ1) is 50.0. The lowest BCUT2D eigenvalue weighted by Gasteiger charge is -2.66. The van der Waals surface area contributed by atoms with Gasteiger partial charge < -0.3 is 57.2 Å². The SMILES string of the molecule is CC(=O)OC[C@H]1O[C@@H](O[C@@H]2C[C@]3(C)[C@H]4CC[C@]5(C)C6C(C[C@H]5[C@@H]4C[C@@H](OC(C)=O)[C@@]3(O)C[C@H]2OC(C)=O)O[C@]2(C[C@H](OC(C)=O)[C@@H](C)CO2)C6C)[C@H](OC(C)=O)[C@@H](OC(C)=O)[C@@H]1OC(C)=O. The Kier molecular flexibility index (Phi) is 14.0.